The number of amides is 1. The lowest BCUT2D eigenvalue weighted by Gasteiger charge is -2.28. The minimum absolute atomic E-state index is 0.0688. The van der Waals surface area contributed by atoms with Crippen molar-refractivity contribution in [2.75, 3.05) is 13.2 Å². The zero-order valence-corrected chi connectivity index (χ0v) is 11.2. The molecule has 1 aromatic rings. The van der Waals surface area contributed by atoms with E-state index in [9.17, 15) is 20.0 Å². The van der Waals surface area contributed by atoms with Crippen molar-refractivity contribution in [3.05, 3.63) is 39.9 Å². The quantitative estimate of drug-likeness (QED) is 0.676. The van der Waals surface area contributed by atoms with Crippen molar-refractivity contribution < 1.29 is 14.8 Å². The molecule has 108 valence electrons. The van der Waals surface area contributed by atoms with Crippen LogP contribution in [0.2, 0.25) is 0 Å². The number of rotatable bonds is 3. The van der Waals surface area contributed by atoms with Gasteiger partial charge in [0, 0.05) is 24.2 Å². The molecule has 1 aromatic carbocycles. The number of aliphatic hydroxyl groups excluding tert-OH is 1. The van der Waals surface area contributed by atoms with Crippen molar-refractivity contribution in [2.45, 2.75) is 31.7 Å². The minimum Gasteiger partial charge on any atom is -0.394 e. The number of carbonyl (C=O) groups excluding carboxylic acids is 1. The SMILES string of the molecule is O=C(c1cccc([N+](=O)[O-])c1)N1CCCCCC1CO. The van der Waals surface area contributed by atoms with Gasteiger partial charge in [0.15, 0.2) is 0 Å². The third kappa shape index (κ3) is 3.14. The molecule has 0 aromatic heterocycles. The largest absolute Gasteiger partial charge is 0.394 e. The highest BCUT2D eigenvalue weighted by molar-refractivity contribution is 5.95. The lowest BCUT2D eigenvalue weighted by Crippen LogP contribution is -2.42. The van der Waals surface area contributed by atoms with Gasteiger partial charge in [-0.1, -0.05) is 18.9 Å². The first-order chi connectivity index (χ1) is 9.63. The predicted molar refractivity (Wildman–Crippen MR) is 73.5 cm³/mol. The van der Waals surface area contributed by atoms with Gasteiger partial charge in [-0.05, 0) is 18.9 Å². The Kier molecular flexibility index (Phi) is 4.68. The summed E-state index contributed by atoms with van der Waals surface area (Å²) in [6, 6.07) is 5.56. The lowest BCUT2D eigenvalue weighted by atomic mass is 10.1. The fraction of sp³-hybridized carbons (Fsp3) is 0.500. The summed E-state index contributed by atoms with van der Waals surface area (Å²) in [5.41, 5.74) is 0.214. The average Bonchev–Trinajstić information content (AvgIpc) is 2.71. The van der Waals surface area contributed by atoms with Crippen LogP contribution in [-0.2, 0) is 0 Å². The zero-order chi connectivity index (χ0) is 14.5. The second kappa shape index (κ2) is 6.47. The van der Waals surface area contributed by atoms with Crippen LogP contribution in [0.1, 0.15) is 36.0 Å². The number of nitro benzene ring substituents is 1. The van der Waals surface area contributed by atoms with Crippen LogP contribution in [0, 0.1) is 10.1 Å². The van der Waals surface area contributed by atoms with Gasteiger partial charge in [0.05, 0.1) is 17.6 Å². The Morgan fingerprint density at radius 1 is 1.40 bits per heavy atom. The maximum Gasteiger partial charge on any atom is 0.270 e. The molecule has 1 N–H and O–H groups in total. The summed E-state index contributed by atoms with van der Waals surface area (Å²) in [6.07, 6.45) is 3.70. The van der Waals surface area contributed by atoms with E-state index in [-0.39, 0.29) is 24.2 Å². The van der Waals surface area contributed by atoms with Crippen LogP contribution < -0.4 is 0 Å². The zero-order valence-electron chi connectivity index (χ0n) is 11.2. The molecule has 6 nitrogen and oxygen atoms in total. The second-order valence-corrected chi connectivity index (χ2v) is 4.99. The molecule has 1 saturated heterocycles. The molecule has 1 unspecified atom stereocenters. The number of likely N-dealkylation sites (tertiary alicyclic amines) is 1. The highest BCUT2D eigenvalue weighted by Gasteiger charge is 2.26. The van der Waals surface area contributed by atoms with Gasteiger partial charge in [-0.25, -0.2) is 0 Å². The number of aliphatic hydroxyl groups is 1. The minimum atomic E-state index is -0.511. The summed E-state index contributed by atoms with van der Waals surface area (Å²) in [7, 11) is 0. The number of carbonyl (C=O) groups is 1. The van der Waals surface area contributed by atoms with Gasteiger partial charge in [-0.3, -0.25) is 14.9 Å². The standard InChI is InChI=1S/C14H18N2O4/c17-10-13-6-2-1-3-8-15(13)14(18)11-5-4-7-12(9-11)16(19)20/h4-5,7,9,13,17H,1-3,6,8,10H2. The van der Waals surface area contributed by atoms with Gasteiger partial charge in [0.1, 0.15) is 0 Å². The Labute approximate surface area is 117 Å². The van der Waals surface area contributed by atoms with E-state index >= 15 is 0 Å². The van der Waals surface area contributed by atoms with E-state index in [1.54, 1.807) is 11.0 Å². The molecule has 1 aliphatic heterocycles. The van der Waals surface area contributed by atoms with Crippen LogP contribution in [0.3, 0.4) is 0 Å². The molecular formula is C14H18N2O4. The van der Waals surface area contributed by atoms with Gasteiger partial charge < -0.3 is 10.0 Å². The van der Waals surface area contributed by atoms with Gasteiger partial charge in [-0.15, -0.1) is 0 Å². The molecule has 0 radical (unpaired) electrons. The summed E-state index contributed by atoms with van der Waals surface area (Å²) in [5.74, 6) is -0.241. The number of benzene rings is 1. The van der Waals surface area contributed by atoms with Crippen LogP contribution in [0.25, 0.3) is 0 Å². The summed E-state index contributed by atoms with van der Waals surface area (Å²) >= 11 is 0. The van der Waals surface area contributed by atoms with Crippen molar-refractivity contribution in [1.82, 2.24) is 4.90 Å². The van der Waals surface area contributed by atoms with Crippen molar-refractivity contribution in [1.29, 1.82) is 0 Å². The number of nitro groups is 1. The first-order valence-electron chi connectivity index (χ1n) is 6.80. The van der Waals surface area contributed by atoms with E-state index in [0.29, 0.717) is 12.1 Å². The van der Waals surface area contributed by atoms with E-state index in [1.165, 1.54) is 18.2 Å². The van der Waals surface area contributed by atoms with Gasteiger partial charge in [-0.2, -0.15) is 0 Å². The van der Waals surface area contributed by atoms with Gasteiger partial charge in [0.25, 0.3) is 11.6 Å². The number of hydrogen-bond donors (Lipinski definition) is 1. The van der Waals surface area contributed by atoms with Crippen molar-refractivity contribution in [3.8, 4) is 0 Å². The third-order valence-corrected chi connectivity index (χ3v) is 3.65. The van der Waals surface area contributed by atoms with Crippen molar-refractivity contribution in [3.63, 3.8) is 0 Å². The van der Waals surface area contributed by atoms with Crippen LogP contribution in [0.15, 0.2) is 24.3 Å². The summed E-state index contributed by atoms with van der Waals surface area (Å²) < 4.78 is 0. The molecule has 1 atom stereocenters. The summed E-state index contributed by atoms with van der Waals surface area (Å²) in [6.45, 7) is 0.521. The molecule has 0 bridgehead atoms. The summed E-state index contributed by atoms with van der Waals surface area (Å²) in [5, 5.41) is 20.2. The Morgan fingerprint density at radius 3 is 2.90 bits per heavy atom. The van der Waals surface area contributed by atoms with Crippen molar-refractivity contribution >= 4 is 11.6 Å². The highest BCUT2D eigenvalue weighted by Crippen LogP contribution is 2.21. The molecule has 0 saturated carbocycles. The summed E-state index contributed by atoms with van der Waals surface area (Å²) in [4.78, 5) is 24.4. The molecule has 1 amide bonds. The van der Waals surface area contributed by atoms with E-state index in [4.69, 9.17) is 0 Å². The number of hydrogen-bond acceptors (Lipinski definition) is 4. The van der Waals surface area contributed by atoms with E-state index in [2.05, 4.69) is 0 Å². The second-order valence-electron chi connectivity index (χ2n) is 4.99. The maximum atomic E-state index is 12.5. The smallest absolute Gasteiger partial charge is 0.270 e. The fourth-order valence-electron chi connectivity index (χ4n) is 2.55. The van der Waals surface area contributed by atoms with Crippen molar-refractivity contribution in [2.24, 2.45) is 0 Å². The molecule has 0 aliphatic carbocycles. The third-order valence-electron chi connectivity index (χ3n) is 3.65. The topological polar surface area (TPSA) is 83.7 Å². The molecule has 2 rings (SSSR count). The Bertz CT molecular complexity index is 504. The van der Waals surface area contributed by atoms with Crippen LogP contribution in [-0.4, -0.2) is 40.0 Å². The Hall–Kier alpha value is -1.95. The molecular weight excluding hydrogens is 260 g/mol. The van der Waals surface area contributed by atoms with E-state index in [0.717, 1.165) is 25.7 Å². The van der Waals surface area contributed by atoms with Gasteiger partial charge in [0.2, 0.25) is 0 Å². The van der Waals surface area contributed by atoms with Crippen LogP contribution in [0.5, 0.6) is 0 Å². The molecule has 1 heterocycles. The Morgan fingerprint density at radius 2 is 2.20 bits per heavy atom. The number of non-ortho nitro benzene ring substituents is 1. The van der Waals surface area contributed by atoms with Gasteiger partial charge >= 0.3 is 0 Å². The first kappa shape index (κ1) is 14.5. The molecule has 0 spiro atoms. The normalized spacial score (nSPS) is 19.4. The molecule has 1 fully saturated rings. The number of nitrogens with zero attached hydrogens (tertiary/aromatic N) is 2. The van der Waals surface area contributed by atoms with E-state index in [1.807, 2.05) is 0 Å². The highest BCUT2D eigenvalue weighted by atomic mass is 16.6. The molecule has 1 aliphatic rings. The maximum absolute atomic E-state index is 12.5. The van der Waals surface area contributed by atoms with E-state index < -0.39 is 4.92 Å². The molecule has 20 heavy (non-hydrogen) atoms. The fourth-order valence-corrected chi connectivity index (χ4v) is 2.55. The Balaban J connectivity index is 2.24. The van der Waals surface area contributed by atoms with Crippen LogP contribution in [0.4, 0.5) is 5.69 Å². The average molecular weight is 278 g/mol. The van der Waals surface area contributed by atoms with Crippen LogP contribution >= 0.6 is 0 Å². The predicted octanol–water partition coefficient (Wildman–Crippen LogP) is 1.97. The lowest BCUT2D eigenvalue weighted by molar-refractivity contribution is -0.384. The monoisotopic (exact) mass is 278 g/mol. The first-order valence-corrected chi connectivity index (χ1v) is 6.80. The molecule has 6 heteroatoms.